The Balaban J connectivity index is 1.28. The summed E-state index contributed by atoms with van der Waals surface area (Å²) in [6, 6.07) is 3.94. The van der Waals surface area contributed by atoms with E-state index in [4.69, 9.17) is 9.72 Å². The van der Waals surface area contributed by atoms with Crippen LogP contribution in [-0.2, 0) is 34.2 Å². The van der Waals surface area contributed by atoms with Crippen molar-refractivity contribution in [3.05, 3.63) is 58.6 Å². The number of sulfonamides is 1. The lowest BCUT2D eigenvalue weighted by Gasteiger charge is -2.36. The molecule has 0 saturated heterocycles. The third-order valence-electron chi connectivity index (χ3n) is 7.18. The van der Waals surface area contributed by atoms with Crippen LogP contribution in [0.5, 0.6) is 5.75 Å². The number of nitrogens with one attached hydrogen (secondary N) is 1. The lowest BCUT2D eigenvalue weighted by Crippen LogP contribution is -2.44. The number of fused-ring (bicyclic) bond motifs is 3. The molecule has 1 saturated carbocycles. The van der Waals surface area contributed by atoms with Crippen LogP contribution in [0.25, 0.3) is 0 Å². The van der Waals surface area contributed by atoms with Crippen LogP contribution in [0.1, 0.15) is 60.1 Å². The molecular weight excluding hydrogens is 543 g/mol. The quantitative estimate of drug-likeness (QED) is 0.437. The van der Waals surface area contributed by atoms with Crippen molar-refractivity contribution in [2.45, 2.75) is 56.3 Å². The second kappa shape index (κ2) is 10.1. The molecule has 0 spiro atoms. The molecule has 1 fully saturated rings. The normalized spacial score (nSPS) is 18.5. The van der Waals surface area contributed by atoms with Crippen molar-refractivity contribution >= 4 is 33.5 Å². The third kappa shape index (κ3) is 5.21. The minimum Gasteiger partial charge on any atom is -0.482 e. The molecule has 6 rings (SSSR count). The lowest BCUT2D eigenvalue weighted by atomic mass is 9.97. The Morgan fingerprint density at radius 2 is 2.08 bits per heavy atom. The van der Waals surface area contributed by atoms with E-state index < -0.39 is 21.9 Å². The van der Waals surface area contributed by atoms with E-state index in [0.29, 0.717) is 36.7 Å². The first kappa shape index (κ1) is 26.1. The number of thioether (sulfide) groups is 1. The third-order valence-corrected chi connectivity index (χ3v) is 8.72. The molecule has 13 heteroatoms. The van der Waals surface area contributed by atoms with E-state index in [2.05, 4.69) is 19.3 Å². The van der Waals surface area contributed by atoms with Gasteiger partial charge in [-0.25, -0.2) is 22.8 Å². The molecule has 1 amide bonds. The van der Waals surface area contributed by atoms with Crippen molar-refractivity contribution in [1.82, 2.24) is 24.4 Å². The van der Waals surface area contributed by atoms with Gasteiger partial charge < -0.3 is 14.2 Å². The Morgan fingerprint density at radius 1 is 1.26 bits per heavy atom. The molecule has 2 aliphatic heterocycles. The molecule has 1 N–H and O–H groups in total. The highest BCUT2D eigenvalue weighted by molar-refractivity contribution is 7.99. The van der Waals surface area contributed by atoms with Gasteiger partial charge in [-0.3, -0.25) is 14.5 Å². The van der Waals surface area contributed by atoms with Gasteiger partial charge in [0.2, 0.25) is 10.0 Å². The topological polar surface area (TPSA) is 119 Å². The number of nitrogens with zero attached hydrogens (tertiary/aromatic N) is 5. The number of carbonyl (C=O) groups is 1. The lowest BCUT2D eigenvalue weighted by molar-refractivity contribution is -0.135. The Morgan fingerprint density at radius 3 is 2.79 bits per heavy atom. The van der Waals surface area contributed by atoms with Crippen LogP contribution in [0.2, 0.25) is 0 Å². The van der Waals surface area contributed by atoms with E-state index >= 15 is 4.39 Å². The number of anilines is 1. The van der Waals surface area contributed by atoms with Crippen molar-refractivity contribution in [2.24, 2.45) is 0 Å². The van der Waals surface area contributed by atoms with E-state index in [9.17, 15) is 13.2 Å². The minimum atomic E-state index is -3.48. The second-order valence-corrected chi connectivity index (χ2v) is 12.8. The summed E-state index contributed by atoms with van der Waals surface area (Å²) in [5.74, 6) is 1.10. The van der Waals surface area contributed by atoms with Crippen LogP contribution in [0.15, 0.2) is 29.6 Å². The molecule has 3 aromatic rings. The number of hydrogen-bond donors (Lipinski definition) is 1. The maximum Gasteiger partial charge on any atom is 0.261 e. The number of aromatic nitrogens is 4. The molecule has 206 valence electrons. The van der Waals surface area contributed by atoms with Crippen LogP contribution in [0.3, 0.4) is 0 Å². The van der Waals surface area contributed by atoms with Crippen molar-refractivity contribution < 1.29 is 22.3 Å². The van der Waals surface area contributed by atoms with Gasteiger partial charge in [0.15, 0.2) is 11.8 Å². The molecule has 39 heavy (non-hydrogen) atoms. The molecule has 10 nitrogen and oxygen atoms in total. The number of aryl methyl sites for hydroxylation is 1. The van der Waals surface area contributed by atoms with Gasteiger partial charge in [0.05, 0.1) is 23.3 Å². The van der Waals surface area contributed by atoms with Crippen LogP contribution >= 0.6 is 11.8 Å². The molecule has 0 bridgehead atoms. The highest BCUT2D eigenvalue weighted by atomic mass is 32.2. The number of amides is 1. The first-order valence-corrected chi connectivity index (χ1v) is 15.9. The second-order valence-electron chi connectivity index (χ2n) is 10.0. The number of ether oxygens (including phenoxy) is 1. The van der Waals surface area contributed by atoms with Crippen LogP contribution in [-0.4, -0.2) is 63.9 Å². The summed E-state index contributed by atoms with van der Waals surface area (Å²) in [5.41, 5.74) is 3.35. The van der Waals surface area contributed by atoms with Gasteiger partial charge in [0, 0.05) is 31.5 Å². The zero-order chi connectivity index (χ0) is 27.3. The molecule has 1 atom stereocenters. The summed E-state index contributed by atoms with van der Waals surface area (Å²) in [4.78, 5) is 28.9. The molecule has 3 aromatic heterocycles. The molecule has 0 aromatic carbocycles. The number of rotatable bonds is 8. The van der Waals surface area contributed by atoms with Gasteiger partial charge in [-0.05, 0) is 48.9 Å². The van der Waals surface area contributed by atoms with Crippen molar-refractivity contribution in [3.63, 3.8) is 0 Å². The summed E-state index contributed by atoms with van der Waals surface area (Å²) in [5, 5.41) is 0.895. The SMILES string of the molecule is CCc1nc(NS(C)(=O)=O)ccc1OCC(=O)N1CCc2nc3n(c2C1c1ncc(C2CC2)cc1F)CCS3. The maximum atomic E-state index is 15.6. The Bertz CT molecular complexity index is 1560. The fourth-order valence-electron chi connectivity index (χ4n) is 5.23. The summed E-state index contributed by atoms with van der Waals surface area (Å²) in [6.45, 7) is 2.69. The number of carbonyl (C=O) groups excluding carboxylic acids is 1. The zero-order valence-electron chi connectivity index (χ0n) is 21.7. The van der Waals surface area contributed by atoms with Crippen LogP contribution < -0.4 is 9.46 Å². The van der Waals surface area contributed by atoms with Gasteiger partial charge in [-0.15, -0.1) is 0 Å². The molecule has 3 aliphatic rings. The molecule has 1 aliphatic carbocycles. The molecule has 5 heterocycles. The minimum absolute atomic E-state index is 0.181. The van der Waals surface area contributed by atoms with Gasteiger partial charge >= 0.3 is 0 Å². The van der Waals surface area contributed by atoms with Gasteiger partial charge in [0.1, 0.15) is 29.1 Å². The Hall–Kier alpha value is -3.19. The summed E-state index contributed by atoms with van der Waals surface area (Å²) >= 11 is 1.66. The van der Waals surface area contributed by atoms with Gasteiger partial charge in [0.25, 0.3) is 5.91 Å². The van der Waals surface area contributed by atoms with Crippen LogP contribution in [0.4, 0.5) is 10.2 Å². The average molecular weight is 573 g/mol. The maximum absolute atomic E-state index is 15.6. The van der Waals surface area contributed by atoms with E-state index in [-0.39, 0.29) is 24.0 Å². The predicted octanol–water partition coefficient (Wildman–Crippen LogP) is 3.28. The summed E-state index contributed by atoms with van der Waals surface area (Å²) in [7, 11) is -3.48. The van der Waals surface area contributed by atoms with E-state index in [1.807, 2.05) is 6.92 Å². The Kier molecular flexibility index (Phi) is 6.74. The van der Waals surface area contributed by atoms with E-state index in [1.165, 1.54) is 6.07 Å². The number of pyridine rings is 2. The standard InChI is InChI=1S/C26H29FN6O4S2/c1-3-18-20(6-7-21(29-18)31-39(2,35)36)37-14-22(34)32-9-8-19-24(33-10-11-38-26(33)30-19)25(32)23-17(27)12-16(13-28-23)15-4-5-15/h6-7,12-13,15,25H,3-5,8-11,14H2,1-2H3,(H,29,31). The van der Waals surface area contributed by atoms with E-state index in [1.54, 1.807) is 35.0 Å². The average Bonchev–Trinajstić information content (AvgIpc) is 3.55. The summed E-state index contributed by atoms with van der Waals surface area (Å²) in [6.07, 6.45) is 5.92. The fraction of sp³-hybridized carbons (Fsp3) is 0.462. The fourth-order valence-corrected chi connectivity index (χ4v) is 6.70. The van der Waals surface area contributed by atoms with E-state index in [0.717, 1.165) is 53.5 Å². The van der Waals surface area contributed by atoms with Crippen molar-refractivity contribution in [3.8, 4) is 5.75 Å². The van der Waals surface area contributed by atoms with Crippen molar-refractivity contribution in [2.75, 3.05) is 29.9 Å². The molecule has 1 unspecified atom stereocenters. The largest absolute Gasteiger partial charge is 0.482 e. The number of halogens is 1. The van der Waals surface area contributed by atoms with Gasteiger partial charge in [-0.1, -0.05) is 18.7 Å². The monoisotopic (exact) mass is 572 g/mol. The predicted molar refractivity (Wildman–Crippen MR) is 144 cm³/mol. The number of hydrogen-bond acceptors (Lipinski definition) is 8. The highest BCUT2D eigenvalue weighted by Gasteiger charge is 2.40. The molecule has 0 radical (unpaired) electrons. The zero-order valence-corrected chi connectivity index (χ0v) is 23.3. The Labute approximate surface area is 230 Å². The highest BCUT2D eigenvalue weighted by Crippen LogP contribution is 2.43. The number of imidazole rings is 1. The van der Waals surface area contributed by atoms with Crippen LogP contribution in [0, 0.1) is 5.82 Å². The van der Waals surface area contributed by atoms with Gasteiger partial charge in [-0.2, -0.15) is 0 Å². The first-order chi connectivity index (χ1) is 18.7. The first-order valence-electron chi connectivity index (χ1n) is 13.0. The molecular formula is C26H29FN6O4S2. The smallest absolute Gasteiger partial charge is 0.261 e. The summed E-state index contributed by atoms with van der Waals surface area (Å²) < 4.78 is 49.1. The van der Waals surface area contributed by atoms with Crippen molar-refractivity contribution in [1.29, 1.82) is 0 Å².